The van der Waals surface area contributed by atoms with Gasteiger partial charge in [0.1, 0.15) is 0 Å². The summed E-state index contributed by atoms with van der Waals surface area (Å²) >= 11 is 0. The lowest BCUT2D eigenvalue weighted by molar-refractivity contribution is -0.130. The highest BCUT2D eigenvalue weighted by atomic mass is 16.5. The third-order valence-electron chi connectivity index (χ3n) is 4.71. The van der Waals surface area contributed by atoms with Gasteiger partial charge in [-0.05, 0) is 43.9 Å². The van der Waals surface area contributed by atoms with E-state index in [0.29, 0.717) is 23.0 Å². The molecule has 1 aromatic carbocycles. The van der Waals surface area contributed by atoms with Crippen LogP contribution in [-0.4, -0.2) is 38.2 Å². The summed E-state index contributed by atoms with van der Waals surface area (Å²) in [5.74, 6) is 0.584. The maximum atomic E-state index is 12.3. The van der Waals surface area contributed by atoms with Crippen molar-refractivity contribution in [1.82, 2.24) is 5.32 Å². The normalized spacial score (nSPS) is 21.1. The van der Waals surface area contributed by atoms with Crippen LogP contribution in [-0.2, 0) is 9.53 Å². The van der Waals surface area contributed by atoms with Crippen LogP contribution < -0.4 is 14.8 Å². The van der Waals surface area contributed by atoms with Gasteiger partial charge in [-0.2, -0.15) is 0 Å². The molecule has 2 rings (SSSR count). The molecule has 1 aliphatic rings. The number of nitrogens with one attached hydrogen (secondary N) is 1. The number of methoxy groups -OCH3 is 2. The van der Waals surface area contributed by atoms with E-state index in [-0.39, 0.29) is 11.9 Å². The second-order valence-corrected chi connectivity index (χ2v) is 6.49. The average molecular weight is 349 g/mol. The van der Waals surface area contributed by atoms with E-state index in [9.17, 15) is 9.59 Å². The summed E-state index contributed by atoms with van der Waals surface area (Å²) in [5.41, 5.74) is 0.309. The number of rotatable bonds is 6. The molecule has 0 bridgehead atoms. The molecule has 0 spiro atoms. The molecule has 1 N–H and O–H groups in total. The Balaban J connectivity index is 1.96. The fourth-order valence-corrected chi connectivity index (χ4v) is 3.08. The summed E-state index contributed by atoms with van der Waals surface area (Å²) in [4.78, 5) is 24.6. The summed E-state index contributed by atoms with van der Waals surface area (Å²) < 4.78 is 15.6. The van der Waals surface area contributed by atoms with E-state index in [0.717, 1.165) is 19.3 Å². The lowest BCUT2D eigenvalue weighted by Gasteiger charge is -2.30. The van der Waals surface area contributed by atoms with Crippen LogP contribution in [0.4, 0.5) is 0 Å². The number of benzene rings is 1. The Labute approximate surface area is 148 Å². The number of esters is 1. The lowest BCUT2D eigenvalue weighted by Crippen LogP contribution is -2.45. The molecule has 25 heavy (non-hydrogen) atoms. The van der Waals surface area contributed by atoms with Gasteiger partial charge < -0.3 is 19.5 Å². The maximum absolute atomic E-state index is 12.3. The molecule has 1 aliphatic carbocycles. The van der Waals surface area contributed by atoms with E-state index < -0.39 is 12.1 Å². The van der Waals surface area contributed by atoms with Crippen LogP contribution in [0.1, 0.15) is 49.9 Å². The van der Waals surface area contributed by atoms with Gasteiger partial charge in [0, 0.05) is 6.04 Å². The van der Waals surface area contributed by atoms with Gasteiger partial charge >= 0.3 is 5.97 Å². The SMILES string of the molecule is COc1ccc(C(=O)O[C@H](C)C(=O)N[C@H]2CCCC[C@@H]2C)cc1OC. The maximum Gasteiger partial charge on any atom is 0.339 e. The zero-order valence-corrected chi connectivity index (χ0v) is 15.3. The molecule has 1 saturated carbocycles. The second-order valence-electron chi connectivity index (χ2n) is 6.49. The van der Waals surface area contributed by atoms with Gasteiger partial charge in [-0.3, -0.25) is 4.79 Å². The molecule has 0 saturated heterocycles. The van der Waals surface area contributed by atoms with Crippen molar-refractivity contribution in [2.24, 2.45) is 5.92 Å². The van der Waals surface area contributed by atoms with Crippen molar-refractivity contribution in [3.05, 3.63) is 23.8 Å². The third kappa shape index (κ3) is 4.87. The Bertz CT molecular complexity index is 616. The number of hydrogen-bond donors (Lipinski definition) is 1. The van der Waals surface area contributed by atoms with Gasteiger partial charge in [-0.15, -0.1) is 0 Å². The van der Waals surface area contributed by atoms with Crippen molar-refractivity contribution in [2.75, 3.05) is 14.2 Å². The first-order valence-corrected chi connectivity index (χ1v) is 8.69. The highest BCUT2D eigenvalue weighted by molar-refractivity contribution is 5.92. The van der Waals surface area contributed by atoms with Crippen LogP contribution in [0, 0.1) is 5.92 Å². The van der Waals surface area contributed by atoms with Gasteiger partial charge in [0.05, 0.1) is 19.8 Å². The fraction of sp³-hybridized carbons (Fsp3) is 0.579. The Kier molecular flexibility index (Phi) is 6.67. The molecule has 138 valence electrons. The Morgan fingerprint density at radius 3 is 2.44 bits per heavy atom. The predicted molar refractivity (Wildman–Crippen MR) is 94.0 cm³/mol. The van der Waals surface area contributed by atoms with Crippen molar-refractivity contribution < 1.29 is 23.8 Å². The summed E-state index contributed by atoms with van der Waals surface area (Å²) in [6.45, 7) is 3.73. The summed E-state index contributed by atoms with van der Waals surface area (Å²) in [6.07, 6.45) is 3.57. The number of hydrogen-bond acceptors (Lipinski definition) is 5. The number of carbonyl (C=O) groups excluding carboxylic acids is 2. The zero-order valence-electron chi connectivity index (χ0n) is 15.3. The van der Waals surface area contributed by atoms with Gasteiger partial charge in [0.2, 0.25) is 0 Å². The highest BCUT2D eigenvalue weighted by Gasteiger charge is 2.26. The van der Waals surface area contributed by atoms with Crippen LogP contribution in [0.3, 0.4) is 0 Å². The average Bonchev–Trinajstić information content (AvgIpc) is 2.62. The van der Waals surface area contributed by atoms with Crippen LogP contribution in [0.25, 0.3) is 0 Å². The third-order valence-corrected chi connectivity index (χ3v) is 4.71. The molecule has 6 nitrogen and oxygen atoms in total. The number of carbonyl (C=O) groups is 2. The van der Waals surface area contributed by atoms with Crippen molar-refractivity contribution in [2.45, 2.75) is 51.7 Å². The molecule has 0 aliphatic heterocycles. The predicted octanol–water partition coefficient (Wildman–Crippen LogP) is 2.94. The van der Waals surface area contributed by atoms with Crippen molar-refractivity contribution in [1.29, 1.82) is 0 Å². The fourth-order valence-electron chi connectivity index (χ4n) is 3.08. The van der Waals surface area contributed by atoms with Crippen LogP contribution in [0.15, 0.2) is 18.2 Å². The molecule has 1 amide bonds. The molecule has 0 unspecified atom stereocenters. The zero-order chi connectivity index (χ0) is 18.4. The van der Waals surface area contributed by atoms with E-state index in [1.807, 2.05) is 0 Å². The van der Waals surface area contributed by atoms with Gasteiger partial charge in [0.25, 0.3) is 5.91 Å². The molecular weight excluding hydrogens is 322 g/mol. The summed E-state index contributed by atoms with van der Waals surface area (Å²) in [7, 11) is 3.02. The number of ether oxygens (including phenoxy) is 3. The first-order valence-electron chi connectivity index (χ1n) is 8.69. The minimum absolute atomic E-state index is 0.156. The summed E-state index contributed by atoms with van der Waals surface area (Å²) in [6, 6.07) is 4.90. The Hall–Kier alpha value is -2.24. The lowest BCUT2D eigenvalue weighted by atomic mass is 9.86. The molecule has 6 heteroatoms. The Morgan fingerprint density at radius 1 is 1.12 bits per heavy atom. The second kappa shape index (κ2) is 8.74. The first kappa shape index (κ1) is 19.1. The molecule has 0 aromatic heterocycles. The smallest absolute Gasteiger partial charge is 0.339 e. The standard InChI is InChI=1S/C19H27NO5/c1-12-7-5-6-8-15(12)20-18(21)13(2)25-19(22)14-9-10-16(23-3)17(11-14)24-4/h9-13,15H,5-8H2,1-4H3,(H,20,21)/t12-,13+,15-/m0/s1. The van der Waals surface area contributed by atoms with Crippen LogP contribution >= 0.6 is 0 Å². The van der Waals surface area contributed by atoms with Crippen LogP contribution in [0.2, 0.25) is 0 Å². The Morgan fingerprint density at radius 2 is 1.80 bits per heavy atom. The van der Waals surface area contributed by atoms with Crippen molar-refractivity contribution >= 4 is 11.9 Å². The molecule has 0 radical (unpaired) electrons. The quantitative estimate of drug-likeness (QED) is 0.799. The van der Waals surface area contributed by atoms with E-state index in [2.05, 4.69) is 12.2 Å². The molecular formula is C19H27NO5. The van der Waals surface area contributed by atoms with E-state index in [4.69, 9.17) is 14.2 Å². The largest absolute Gasteiger partial charge is 0.493 e. The van der Waals surface area contributed by atoms with E-state index >= 15 is 0 Å². The summed E-state index contributed by atoms with van der Waals surface area (Å²) in [5, 5.41) is 3.01. The molecule has 1 aromatic rings. The van der Waals surface area contributed by atoms with Crippen LogP contribution in [0.5, 0.6) is 11.5 Å². The van der Waals surface area contributed by atoms with E-state index in [1.165, 1.54) is 26.7 Å². The minimum atomic E-state index is -0.852. The van der Waals surface area contributed by atoms with Gasteiger partial charge in [-0.25, -0.2) is 4.79 Å². The molecule has 1 fully saturated rings. The van der Waals surface area contributed by atoms with Gasteiger partial charge in [-0.1, -0.05) is 19.8 Å². The monoisotopic (exact) mass is 349 g/mol. The van der Waals surface area contributed by atoms with Crippen molar-refractivity contribution in [3.63, 3.8) is 0 Å². The molecule has 0 heterocycles. The van der Waals surface area contributed by atoms with E-state index in [1.54, 1.807) is 19.1 Å². The minimum Gasteiger partial charge on any atom is -0.493 e. The molecule has 3 atom stereocenters. The first-order chi connectivity index (χ1) is 12.0. The highest BCUT2D eigenvalue weighted by Crippen LogP contribution is 2.28. The topological polar surface area (TPSA) is 73.9 Å². The van der Waals surface area contributed by atoms with Gasteiger partial charge in [0.15, 0.2) is 17.6 Å². The number of amides is 1. The van der Waals surface area contributed by atoms with Crippen molar-refractivity contribution in [3.8, 4) is 11.5 Å².